The molecule has 31 heavy (non-hydrogen) atoms. The quantitative estimate of drug-likeness (QED) is 0.332. The second-order valence-corrected chi connectivity index (χ2v) is 10.1. The third-order valence-electron chi connectivity index (χ3n) is 5.20. The Kier molecular flexibility index (Phi) is 5.85. The molecular formula is C21H22N2O6S2. The van der Waals surface area contributed by atoms with E-state index < -0.39 is 30.0 Å². The van der Waals surface area contributed by atoms with E-state index >= 15 is 0 Å². The van der Waals surface area contributed by atoms with Crippen molar-refractivity contribution in [3.05, 3.63) is 70.8 Å². The van der Waals surface area contributed by atoms with Crippen molar-refractivity contribution in [3.8, 4) is 11.1 Å². The summed E-state index contributed by atoms with van der Waals surface area (Å²) in [5.74, 6) is 0. The molecule has 0 saturated heterocycles. The Balaban J connectivity index is 2.24. The number of anilines is 2. The van der Waals surface area contributed by atoms with Crippen molar-refractivity contribution in [2.75, 3.05) is 11.5 Å². The van der Waals surface area contributed by atoms with Crippen molar-refractivity contribution in [3.63, 3.8) is 0 Å². The lowest BCUT2D eigenvalue weighted by atomic mass is 9.90. The zero-order valence-electron chi connectivity index (χ0n) is 16.8. The van der Waals surface area contributed by atoms with Crippen molar-refractivity contribution in [2.24, 2.45) is 0 Å². The molecule has 0 spiro atoms. The van der Waals surface area contributed by atoms with E-state index in [4.69, 9.17) is 11.5 Å². The first-order chi connectivity index (χ1) is 14.3. The Morgan fingerprint density at radius 2 is 1.45 bits per heavy atom. The van der Waals surface area contributed by atoms with Crippen LogP contribution in [0.2, 0.25) is 0 Å². The van der Waals surface area contributed by atoms with Gasteiger partial charge in [0.25, 0.3) is 20.2 Å². The van der Waals surface area contributed by atoms with Crippen LogP contribution in [-0.4, -0.2) is 25.9 Å². The molecule has 0 fully saturated rings. The van der Waals surface area contributed by atoms with Crippen LogP contribution in [-0.2, 0) is 26.7 Å². The van der Waals surface area contributed by atoms with Gasteiger partial charge >= 0.3 is 0 Å². The van der Waals surface area contributed by atoms with Crippen LogP contribution in [0.25, 0.3) is 11.1 Å². The molecule has 3 rings (SSSR count). The molecule has 0 atom stereocenters. The lowest BCUT2D eigenvalue weighted by Crippen LogP contribution is -2.09. The van der Waals surface area contributed by atoms with E-state index in [0.717, 1.165) is 28.8 Å². The number of aryl methyl sites for hydroxylation is 1. The number of nitrogens with two attached hydrogens (primary N) is 2. The third-order valence-corrected chi connectivity index (χ3v) is 6.99. The van der Waals surface area contributed by atoms with Crippen molar-refractivity contribution in [1.82, 2.24) is 0 Å². The molecule has 6 N–H and O–H groups in total. The molecule has 0 aromatic heterocycles. The number of hydrogen-bond acceptors (Lipinski definition) is 6. The topological polar surface area (TPSA) is 161 Å². The number of benzene rings is 3. The molecule has 0 aliphatic carbocycles. The highest BCUT2D eigenvalue weighted by molar-refractivity contribution is 7.86. The van der Waals surface area contributed by atoms with E-state index in [0.29, 0.717) is 22.5 Å². The van der Waals surface area contributed by atoms with Crippen LogP contribution in [0.5, 0.6) is 0 Å². The van der Waals surface area contributed by atoms with Crippen LogP contribution < -0.4 is 11.5 Å². The zero-order valence-corrected chi connectivity index (χ0v) is 18.5. The zero-order chi connectivity index (χ0) is 23.1. The molecule has 0 unspecified atom stereocenters. The Morgan fingerprint density at radius 1 is 0.806 bits per heavy atom. The number of hydrogen-bond donors (Lipinski definition) is 4. The van der Waals surface area contributed by atoms with Gasteiger partial charge in [0.15, 0.2) is 0 Å². The summed E-state index contributed by atoms with van der Waals surface area (Å²) >= 11 is 0. The lowest BCUT2D eigenvalue weighted by molar-refractivity contribution is 0.480. The fourth-order valence-electron chi connectivity index (χ4n) is 3.39. The summed E-state index contributed by atoms with van der Waals surface area (Å²) in [6.07, 6.45) is 0.0382. The fourth-order valence-corrected chi connectivity index (χ4v) is 4.72. The molecule has 164 valence electrons. The highest BCUT2D eigenvalue weighted by Gasteiger charge is 2.22. The van der Waals surface area contributed by atoms with E-state index in [-0.39, 0.29) is 12.0 Å². The van der Waals surface area contributed by atoms with E-state index in [1.165, 1.54) is 6.07 Å². The maximum atomic E-state index is 12.0. The maximum absolute atomic E-state index is 12.0. The predicted molar refractivity (Wildman–Crippen MR) is 119 cm³/mol. The normalized spacial score (nSPS) is 12.1. The molecule has 3 aromatic carbocycles. The average molecular weight is 463 g/mol. The van der Waals surface area contributed by atoms with Gasteiger partial charge in [-0.2, -0.15) is 16.8 Å². The standard InChI is InChI=1S/C21H22N2O6S2/c1-12-9-14(4-7-19(12)22)17-6-8-20(23)13(2)18(17)10-15-3-5-16(30(24,25)26)11-21(15)31(27,28)29/h3-9,11H,10,22-23H2,1-2H3,(H,24,25,26)(H,27,28,29). The van der Waals surface area contributed by atoms with Gasteiger partial charge in [0.1, 0.15) is 0 Å². The van der Waals surface area contributed by atoms with Crippen molar-refractivity contribution < 1.29 is 25.9 Å². The van der Waals surface area contributed by atoms with Crippen LogP contribution in [0.3, 0.4) is 0 Å². The van der Waals surface area contributed by atoms with E-state index in [9.17, 15) is 25.9 Å². The van der Waals surface area contributed by atoms with Gasteiger partial charge in [-0.05, 0) is 84.0 Å². The second kappa shape index (κ2) is 7.97. The molecule has 8 nitrogen and oxygen atoms in total. The van der Waals surface area contributed by atoms with Gasteiger partial charge in [-0.3, -0.25) is 9.11 Å². The number of rotatable bonds is 5. The minimum Gasteiger partial charge on any atom is -0.399 e. The highest BCUT2D eigenvalue weighted by atomic mass is 32.2. The molecule has 0 bridgehead atoms. The monoisotopic (exact) mass is 462 g/mol. The molecule has 0 aliphatic heterocycles. The second-order valence-electron chi connectivity index (χ2n) is 7.27. The smallest absolute Gasteiger partial charge is 0.294 e. The van der Waals surface area contributed by atoms with Crippen LogP contribution in [0, 0.1) is 13.8 Å². The summed E-state index contributed by atoms with van der Waals surface area (Å²) in [4.78, 5) is -1.24. The molecule has 0 radical (unpaired) electrons. The molecule has 0 saturated carbocycles. The van der Waals surface area contributed by atoms with E-state index in [2.05, 4.69) is 0 Å². The highest BCUT2D eigenvalue weighted by Crippen LogP contribution is 2.34. The summed E-state index contributed by atoms with van der Waals surface area (Å²) in [7, 11) is -9.43. The van der Waals surface area contributed by atoms with Crippen LogP contribution in [0.15, 0.2) is 58.3 Å². The SMILES string of the molecule is Cc1cc(-c2ccc(N)c(C)c2Cc2ccc(S(=O)(=O)O)cc2S(=O)(=O)O)ccc1N. The van der Waals surface area contributed by atoms with Gasteiger partial charge < -0.3 is 11.5 Å². The summed E-state index contributed by atoms with van der Waals surface area (Å²) in [5.41, 5.74) is 17.2. The Morgan fingerprint density at radius 3 is 2.03 bits per heavy atom. The van der Waals surface area contributed by atoms with Crippen LogP contribution in [0.1, 0.15) is 22.3 Å². The van der Waals surface area contributed by atoms with Gasteiger partial charge in [0.05, 0.1) is 9.79 Å². The molecule has 0 heterocycles. The fraction of sp³-hybridized carbons (Fsp3) is 0.143. The minimum atomic E-state index is -4.77. The van der Waals surface area contributed by atoms with Gasteiger partial charge in [-0.1, -0.05) is 18.2 Å². The Bertz CT molecular complexity index is 1400. The van der Waals surface area contributed by atoms with Gasteiger partial charge in [-0.25, -0.2) is 0 Å². The first-order valence-electron chi connectivity index (χ1n) is 9.11. The lowest BCUT2D eigenvalue weighted by Gasteiger charge is -2.17. The summed E-state index contributed by atoms with van der Waals surface area (Å²) in [5, 5.41) is 0. The molecule has 0 amide bonds. The molecule has 0 aliphatic rings. The third kappa shape index (κ3) is 4.72. The molecule has 10 heteroatoms. The van der Waals surface area contributed by atoms with E-state index in [1.807, 2.05) is 25.1 Å². The van der Waals surface area contributed by atoms with Gasteiger partial charge in [0.2, 0.25) is 0 Å². The van der Waals surface area contributed by atoms with Gasteiger partial charge in [0, 0.05) is 11.4 Å². The van der Waals surface area contributed by atoms with Crippen molar-refractivity contribution in [1.29, 1.82) is 0 Å². The largest absolute Gasteiger partial charge is 0.399 e. The first kappa shape index (κ1) is 22.8. The van der Waals surface area contributed by atoms with Crippen molar-refractivity contribution >= 4 is 31.6 Å². The predicted octanol–water partition coefficient (Wildman–Crippen LogP) is 3.22. The van der Waals surface area contributed by atoms with Crippen LogP contribution in [0.4, 0.5) is 11.4 Å². The molecule has 3 aromatic rings. The van der Waals surface area contributed by atoms with E-state index in [1.54, 1.807) is 19.1 Å². The van der Waals surface area contributed by atoms with Gasteiger partial charge in [-0.15, -0.1) is 0 Å². The summed E-state index contributed by atoms with van der Waals surface area (Å²) in [6.45, 7) is 3.66. The summed E-state index contributed by atoms with van der Waals surface area (Å²) < 4.78 is 65.7. The first-order valence-corrected chi connectivity index (χ1v) is 12.0. The average Bonchev–Trinajstić information content (AvgIpc) is 2.66. The Hall–Kier alpha value is -2.92. The van der Waals surface area contributed by atoms with Crippen LogP contribution >= 0.6 is 0 Å². The Labute approximate surface area is 181 Å². The van der Waals surface area contributed by atoms with Crippen molar-refractivity contribution in [2.45, 2.75) is 30.1 Å². The molecular weight excluding hydrogens is 440 g/mol. The summed E-state index contributed by atoms with van der Waals surface area (Å²) in [6, 6.07) is 12.1. The maximum Gasteiger partial charge on any atom is 0.294 e. The minimum absolute atomic E-state index is 0.0382. The number of nitrogen functional groups attached to an aromatic ring is 2.